The van der Waals surface area contributed by atoms with Crippen molar-refractivity contribution in [2.24, 2.45) is 0 Å². The van der Waals surface area contributed by atoms with Crippen LogP contribution in [0.2, 0.25) is 0 Å². The van der Waals surface area contributed by atoms with Crippen LogP contribution in [0.1, 0.15) is 0 Å². The zero-order chi connectivity index (χ0) is 3.58. The first-order valence-electron chi connectivity index (χ1n) is 0.478. The third-order valence-corrected chi connectivity index (χ3v) is 0. The summed E-state index contributed by atoms with van der Waals surface area (Å²) >= 11 is -3.40. The van der Waals surface area contributed by atoms with Gasteiger partial charge in [-0.3, -0.25) is 0 Å². The summed E-state index contributed by atoms with van der Waals surface area (Å²) in [6, 6.07) is 0. The van der Waals surface area contributed by atoms with E-state index in [2.05, 4.69) is 0 Å². The smallest absolute Gasteiger partial charge is 0.372 e. The molecule has 0 atom stereocenters. The average molecular weight is 288 g/mol. The Balaban J connectivity index is 0. The Labute approximate surface area is 65.3 Å². The fourth-order valence-electron chi connectivity index (χ4n) is 0. The van der Waals surface area contributed by atoms with Gasteiger partial charge in [0, 0.05) is 38.6 Å². The fourth-order valence-corrected chi connectivity index (χ4v) is 0. The van der Waals surface area contributed by atoms with Crippen LogP contribution < -0.4 is 8.40 Å². The van der Waals surface area contributed by atoms with E-state index in [0.29, 0.717) is 0 Å². The normalized spacial score (nSPS) is 7.20. The molecule has 0 unspecified atom stereocenters. The maximum absolute atomic E-state index is 8.63. The summed E-state index contributed by atoms with van der Waals surface area (Å²) in [6.45, 7) is 0. The van der Waals surface area contributed by atoms with E-state index in [1.807, 2.05) is 0 Å². The van der Waals surface area contributed by atoms with Crippen LogP contribution in [0.25, 0.3) is 0 Å². The van der Waals surface area contributed by atoms with E-state index in [1.165, 1.54) is 0 Å². The van der Waals surface area contributed by atoms with Crippen molar-refractivity contribution in [3.8, 4) is 0 Å². The SMILES string of the molecule is [O-][Br+2]([O-])O.[Tb]. The molecule has 3 nitrogen and oxygen atoms in total. The number of hydrogen-bond donors (Lipinski definition) is 1. The van der Waals surface area contributed by atoms with Gasteiger partial charge in [0.1, 0.15) is 0 Å². The predicted octanol–water partition coefficient (Wildman–Crippen LogP) is -2.94. The van der Waals surface area contributed by atoms with Crippen LogP contribution in [0.15, 0.2) is 0 Å². The molecule has 1 radical (unpaired) electrons. The Morgan fingerprint density at radius 2 is 1.40 bits per heavy atom. The summed E-state index contributed by atoms with van der Waals surface area (Å²) in [5.74, 6) is 0. The van der Waals surface area contributed by atoms with Crippen molar-refractivity contribution in [1.82, 2.24) is 0 Å². The van der Waals surface area contributed by atoms with Gasteiger partial charge in [-0.1, -0.05) is 0 Å². The molecule has 0 bridgehead atoms. The molecule has 0 spiro atoms. The maximum Gasteiger partial charge on any atom is 0.433 e. The summed E-state index contributed by atoms with van der Waals surface area (Å²) < 4.78 is 24.3. The van der Waals surface area contributed by atoms with Crippen LogP contribution >= 0.6 is 0 Å². The fraction of sp³-hybridized carbons (Fsp3) is 0. The predicted molar refractivity (Wildman–Crippen MR) is 2.22 cm³/mol. The van der Waals surface area contributed by atoms with Gasteiger partial charge in [0.2, 0.25) is 0 Å². The van der Waals surface area contributed by atoms with E-state index in [9.17, 15) is 0 Å². The second kappa shape index (κ2) is 5.65. The Kier molecular flexibility index (Phi) is 11.1. The van der Waals surface area contributed by atoms with Gasteiger partial charge in [-0.15, -0.1) is 0 Å². The molecule has 0 fully saturated rings. The van der Waals surface area contributed by atoms with E-state index >= 15 is 0 Å². The molecule has 35 valence electrons. The third-order valence-electron chi connectivity index (χ3n) is 0. The summed E-state index contributed by atoms with van der Waals surface area (Å²) in [7, 11) is 0. The van der Waals surface area contributed by atoms with Crippen molar-refractivity contribution < 1.29 is 66.0 Å². The van der Waals surface area contributed by atoms with E-state index in [4.69, 9.17) is 12.6 Å². The molecule has 0 aromatic heterocycles. The van der Waals surface area contributed by atoms with Crippen LogP contribution in [0, 0.1) is 53.4 Å². The number of halogens is 1. The van der Waals surface area contributed by atoms with Gasteiger partial charge in [-0.25, -0.2) is 0 Å². The molecule has 0 heterocycles. The first-order valence-corrected chi connectivity index (χ1v) is 2.48. The van der Waals surface area contributed by atoms with Crippen LogP contribution in [0.4, 0.5) is 0 Å². The Morgan fingerprint density at radius 3 is 1.40 bits per heavy atom. The van der Waals surface area contributed by atoms with Crippen molar-refractivity contribution in [3.63, 3.8) is 0 Å². The molecule has 0 aromatic carbocycles. The molecule has 0 amide bonds. The second-order valence-corrected chi connectivity index (χ2v) is 1.04. The van der Waals surface area contributed by atoms with Crippen molar-refractivity contribution in [2.75, 3.05) is 0 Å². The van der Waals surface area contributed by atoms with E-state index in [0.717, 1.165) is 0 Å². The molecule has 5 heteroatoms. The van der Waals surface area contributed by atoms with Crippen molar-refractivity contribution in [3.05, 3.63) is 0 Å². The average Bonchev–Trinajstić information content (AvgIpc) is 0.811. The molecule has 0 saturated carbocycles. The quantitative estimate of drug-likeness (QED) is 0.519. The Hall–Kier alpha value is 1.65. The second-order valence-electron chi connectivity index (χ2n) is 0.201. The molecular weight excluding hydrogens is 287 g/mol. The standard InChI is InChI=1S/BrHO3.Tb/c2-1(3)4;/h2H;. The first kappa shape index (κ1) is 9.81. The van der Waals surface area contributed by atoms with Gasteiger partial charge >= 0.3 is 14.8 Å². The molecule has 0 aromatic rings. The van der Waals surface area contributed by atoms with Crippen molar-refractivity contribution >= 4 is 0 Å². The Morgan fingerprint density at radius 1 is 1.40 bits per heavy atom. The maximum atomic E-state index is 8.63. The zero-order valence-electron chi connectivity index (χ0n) is 1.98. The molecule has 5 heavy (non-hydrogen) atoms. The molecule has 0 aliphatic rings. The molecule has 0 aliphatic heterocycles. The van der Waals surface area contributed by atoms with E-state index in [1.54, 1.807) is 0 Å². The summed E-state index contributed by atoms with van der Waals surface area (Å²) in [6.07, 6.45) is 0. The van der Waals surface area contributed by atoms with Crippen LogP contribution in [-0.4, -0.2) is 4.20 Å². The summed E-state index contributed by atoms with van der Waals surface area (Å²) in [5, 5.41) is 0. The first-order chi connectivity index (χ1) is 1.73. The van der Waals surface area contributed by atoms with Gasteiger partial charge in [-0.05, 0) is 4.20 Å². The van der Waals surface area contributed by atoms with Gasteiger partial charge in [0.05, 0.1) is 0 Å². The zero-order valence-corrected chi connectivity index (χ0v) is 5.70. The monoisotopic (exact) mass is 287 g/mol. The molecule has 0 rings (SSSR count). The van der Waals surface area contributed by atoms with Crippen molar-refractivity contribution in [2.45, 2.75) is 0 Å². The number of rotatable bonds is 0. The molecule has 0 aliphatic carbocycles. The molecule has 1 N–H and O–H groups in total. The van der Waals surface area contributed by atoms with Crippen LogP contribution in [-0.2, 0) is 0 Å². The molecular formula is HBrO3Tb. The minimum Gasteiger partial charge on any atom is -0.372 e. The van der Waals surface area contributed by atoms with Crippen LogP contribution in [0.3, 0.4) is 0 Å². The minimum absolute atomic E-state index is 0. The number of hydrogen-bond acceptors (Lipinski definition) is 3. The third kappa shape index (κ3) is 27.7. The van der Waals surface area contributed by atoms with E-state index < -0.39 is 14.8 Å². The molecule has 0 saturated heterocycles. The van der Waals surface area contributed by atoms with Crippen LogP contribution in [0.5, 0.6) is 0 Å². The van der Waals surface area contributed by atoms with E-state index in [-0.39, 0.29) is 38.6 Å². The Bertz CT molecular complexity index is 11.6. The minimum atomic E-state index is -3.40. The van der Waals surface area contributed by atoms with Gasteiger partial charge in [0.25, 0.3) is 0 Å². The van der Waals surface area contributed by atoms with Gasteiger partial charge in [0.15, 0.2) is 0 Å². The van der Waals surface area contributed by atoms with Gasteiger partial charge < -0.3 is 8.40 Å². The summed E-state index contributed by atoms with van der Waals surface area (Å²) in [4.78, 5) is 0. The van der Waals surface area contributed by atoms with Gasteiger partial charge in [-0.2, -0.15) is 0 Å². The largest absolute Gasteiger partial charge is 0.433 e. The topological polar surface area (TPSA) is 66.3 Å². The summed E-state index contributed by atoms with van der Waals surface area (Å²) in [5.41, 5.74) is 0. The van der Waals surface area contributed by atoms with Crippen molar-refractivity contribution in [1.29, 1.82) is 0 Å².